The third-order valence-corrected chi connectivity index (χ3v) is 6.03. The summed E-state index contributed by atoms with van der Waals surface area (Å²) in [6.07, 6.45) is -4.21. The fraction of sp³-hybridized carbons (Fsp3) is 0.375. The van der Waals surface area contributed by atoms with Crippen LogP contribution in [0.4, 0.5) is 13.2 Å². The molecule has 3 aromatic rings. The SMILES string of the molecule is CC(C)Oc1ccc(COc2ccc3c(c2)c(Cl)c2n3CC[C@@H]2CC(=O)O)cc1C(F)(F)F.[NaH]. The van der Waals surface area contributed by atoms with Gasteiger partial charge >= 0.3 is 41.7 Å². The molecular formula is C24H24ClF3NNaO4. The molecule has 0 spiro atoms. The van der Waals surface area contributed by atoms with Crippen LogP contribution in [-0.4, -0.2) is 51.3 Å². The predicted molar refractivity (Wildman–Crippen MR) is 125 cm³/mol. The van der Waals surface area contributed by atoms with Gasteiger partial charge in [0.2, 0.25) is 0 Å². The van der Waals surface area contributed by atoms with Crippen molar-refractivity contribution in [3.8, 4) is 11.5 Å². The maximum atomic E-state index is 13.5. The Morgan fingerprint density at radius 2 is 1.97 bits per heavy atom. The van der Waals surface area contributed by atoms with Gasteiger partial charge in [-0.05, 0) is 56.2 Å². The van der Waals surface area contributed by atoms with Crippen LogP contribution in [0.5, 0.6) is 11.5 Å². The molecule has 5 nitrogen and oxygen atoms in total. The molecule has 0 aliphatic carbocycles. The van der Waals surface area contributed by atoms with E-state index in [0.717, 1.165) is 22.7 Å². The van der Waals surface area contributed by atoms with E-state index in [2.05, 4.69) is 0 Å². The van der Waals surface area contributed by atoms with Gasteiger partial charge in [-0.3, -0.25) is 4.79 Å². The van der Waals surface area contributed by atoms with Crippen LogP contribution in [0.15, 0.2) is 36.4 Å². The number of fused-ring (bicyclic) bond motifs is 3. The summed E-state index contributed by atoms with van der Waals surface area (Å²) >= 11 is 6.59. The molecule has 34 heavy (non-hydrogen) atoms. The Hall–Kier alpha value is -1.87. The first-order chi connectivity index (χ1) is 15.5. The van der Waals surface area contributed by atoms with Crippen molar-refractivity contribution in [2.24, 2.45) is 0 Å². The molecule has 0 saturated heterocycles. The quantitative estimate of drug-likeness (QED) is 0.400. The zero-order chi connectivity index (χ0) is 23.9. The molecule has 4 rings (SSSR count). The van der Waals surface area contributed by atoms with E-state index >= 15 is 0 Å². The summed E-state index contributed by atoms with van der Waals surface area (Å²) in [6.45, 7) is 3.95. The monoisotopic (exact) mass is 505 g/mol. The molecule has 0 unspecified atom stereocenters. The minimum absolute atomic E-state index is 0. The number of nitrogens with zero attached hydrogens (tertiary/aromatic N) is 1. The number of aromatic nitrogens is 1. The number of carbonyl (C=O) groups is 1. The van der Waals surface area contributed by atoms with Crippen molar-refractivity contribution in [2.75, 3.05) is 0 Å². The molecule has 1 aliphatic heterocycles. The Morgan fingerprint density at radius 1 is 1.24 bits per heavy atom. The zero-order valence-electron chi connectivity index (χ0n) is 18.1. The summed E-state index contributed by atoms with van der Waals surface area (Å²) in [7, 11) is 0. The van der Waals surface area contributed by atoms with Crippen molar-refractivity contribution in [2.45, 2.75) is 58.0 Å². The summed E-state index contributed by atoms with van der Waals surface area (Å²) < 4.78 is 53.5. The van der Waals surface area contributed by atoms with Crippen LogP contribution < -0.4 is 9.47 Å². The van der Waals surface area contributed by atoms with E-state index in [9.17, 15) is 18.0 Å². The van der Waals surface area contributed by atoms with Crippen molar-refractivity contribution >= 4 is 58.0 Å². The fourth-order valence-electron chi connectivity index (χ4n) is 4.29. The van der Waals surface area contributed by atoms with Crippen LogP contribution in [0, 0.1) is 0 Å². The van der Waals surface area contributed by atoms with Gasteiger partial charge in [0.1, 0.15) is 18.1 Å². The van der Waals surface area contributed by atoms with E-state index in [1.807, 2.05) is 10.6 Å². The van der Waals surface area contributed by atoms with Gasteiger partial charge in [0.25, 0.3) is 0 Å². The Labute approximate surface area is 222 Å². The fourth-order valence-corrected chi connectivity index (χ4v) is 4.69. The number of benzene rings is 2. The second-order valence-corrected chi connectivity index (χ2v) is 8.77. The first-order valence-corrected chi connectivity index (χ1v) is 11.0. The molecule has 178 valence electrons. The van der Waals surface area contributed by atoms with E-state index in [1.54, 1.807) is 32.0 Å². The topological polar surface area (TPSA) is 60.7 Å². The van der Waals surface area contributed by atoms with Crippen LogP contribution in [0.3, 0.4) is 0 Å². The van der Waals surface area contributed by atoms with E-state index in [-0.39, 0.29) is 60.4 Å². The van der Waals surface area contributed by atoms with Crippen LogP contribution in [-0.2, 0) is 24.1 Å². The zero-order valence-corrected chi connectivity index (χ0v) is 18.8. The number of alkyl halides is 3. The molecule has 10 heteroatoms. The van der Waals surface area contributed by atoms with Crippen molar-refractivity contribution in [1.82, 2.24) is 4.57 Å². The van der Waals surface area contributed by atoms with Crippen molar-refractivity contribution in [3.63, 3.8) is 0 Å². The molecule has 1 aliphatic rings. The summed E-state index contributed by atoms with van der Waals surface area (Å²) in [5, 5.41) is 10.4. The third kappa shape index (κ3) is 5.51. The molecule has 2 aromatic carbocycles. The van der Waals surface area contributed by atoms with E-state index in [1.165, 1.54) is 6.07 Å². The first-order valence-electron chi connectivity index (χ1n) is 10.6. The Kier molecular flexibility index (Phi) is 8.18. The molecule has 0 radical (unpaired) electrons. The minimum atomic E-state index is -4.55. The number of carboxylic acids is 1. The van der Waals surface area contributed by atoms with Crippen molar-refractivity contribution < 1.29 is 32.5 Å². The van der Waals surface area contributed by atoms with Gasteiger partial charge in [0.05, 0.1) is 28.6 Å². The number of aliphatic carboxylic acids is 1. The average molecular weight is 506 g/mol. The Balaban J connectivity index is 0.00000324. The van der Waals surface area contributed by atoms with E-state index in [0.29, 0.717) is 29.3 Å². The first kappa shape index (κ1) is 26.7. The van der Waals surface area contributed by atoms with E-state index in [4.69, 9.17) is 26.2 Å². The summed E-state index contributed by atoms with van der Waals surface area (Å²) in [4.78, 5) is 11.2. The summed E-state index contributed by atoms with van der Waals surface area (Å²) in [5.41, 5.74) is 1.20. The number of ether oxygens (including phenoxy) is 2. The van der Waals surface area contributed by atoms with E-state index < -0.39 is 17.7 Å². The normalized spacial score (nSPS) is 15.3. The number of aryl methyl sites for hydroxylation is 1. The molecule has 0 saturated carbocycles. The second kappa shape index (κ2) is 10.4. The molecule has 1 N–H and O–H groups in total. The molecule has 2 heterocycles. The Morgan fingerprint density at radius 3 is 2.62 bits per heavy atom. The second-order valence-electron chi connectivity index (χ2n) is 8.40. The van der Waals surface area contributed by atoms with Crippen molar-refractivity contribution in [3.05, 3.63) is 58.2 Å². The van der Waals surface area contributed by atoms with Crippen LogP contribution in [0.25, 0.3) is 10.9 Å². The van der Waals surface area contributed by atoms with Gasteiger partial charge in [-0.25, -0.2) is 0 Å². The third-order valence-electron chi connectivity index (χ3n) is 5.64. The summed E-state index contributed by atoms with van der Waals surface area (Å²) in [6, 6.07) is 9.19. The number of halogens is 4. The average Bonchev–Trinajstić information content (AvgIpc) is 3.25. The van der Waals surface area contributed by atoms with Crippen molar-refractivity contribution in [1.29, 1.82) is 0 Å². The predicted octanol–water partition coefficient (Wildman–Crippen LogP) is 5.99. The summed E-state index contributed by atoms with van der Waals surface area (Å²) in [5.74, 6) is -0.783. The number of rotatable bonds is 7. The molecular weight excluding hydrogens is 482 g/mol. The molecule has 0 fully saturated rings. The van der Waals surface area contributed by atoms with Crippen LogP contribution >= 0.6 is 11.6 Å². The molecule has 1 atom stereocenters. The molecule has 0 amide bonds. The van der Waals surface area contributed by atoms with Gasteiger partial charge < -0.3 is 19.1 Å². The number of carboxylic acid groups (broad SMARTS) is 1. The van der Waals surface area contributed by atoms with Gasteiger partial charge in [-0.15, -0.1) is 0 Å². The maximum absolute atomic E-state index is 13.5. The van der Waals surface area contributed by atoms with Gasteiger partial charge in [0.15, 0.2) is 0 Å². The number of hydrogen-bond acceptors (Lipinski definition) is 3. The van der Waals surface area contributed by atoms with Gasteiger partial charge in [-0.1, -0.05) is 17.7 Å². The molecule has 1 aromatic heterocycles. The molecule has 0 bridgehead atoms. The number of hydrogen-bond donors (Lipinski definition) is 1. The van der Waals surface area contributed by atoms with Gasteiger partial charge in [-0.2, -0.15) is 13.2 Å². The van der Waals surface area contributed by atoms with Gasteiger partial charge in [0, 0.05) is 23.5 Å². The van der Waals surface area contributed by atoms with Crippen LogP contribution in [0.1, 0.15) is 49.4 Å². The standard InChI is InChI=1S/C24H23ClF3NO4.Na.H/c1-13(2)33-20-6-3-14(9-18(20)24(26,27)28)12-32-16-4-5-19-17(11-16)22(25)23-15(10-21(30)31)7-8-29(19)23;;/h3-6,9,11,13,15H,7-8,10,12H2,1-2H3,(H,30,31);;/t15-;;/m1../s1. The Bertz CT molecular complexity index is 1210. The van der Waals surface area contributed by atoms with Crippen LogP contribution in [0.2, 0.25) is 5.02 Å².